The van der Waals surface area contributed by atoms with Crippen LogP contribution < -0.4 is 15.7 Å². The maximum Gasteiger partial charge on any atom is 0.306 e. The first-order chi connectivity index (χ1) is 21.9. The molecule has 0 heterocycles. The maximum absolute atomic E-state index is 10.7. The summed E-state index contributed by atoms with van der Waals surface area (Å²) in [4.78, 5) is 43.3. The van der Waals surface area contributed by atoms with E-state index < -0.39 is 11.9 Å². The van der Waals surface area contributed by atoms with Crippen LogP contribution in [0.1, 0.15) is 139 Å². The molecule has 0 amide bonds. The number of esters is 2. The monoisotopic (exact) mass is 643 g/mol. The summed E-state index contributed by atoms with van der Waals surface area (Å²) in [5, 5.41) is 16.8. The van der Waals surface area contributed by atoms with Crippen molar-refractivity contribution in [3.63, 3.8) is 0 Å². The number of aliphatic hydroxyl groups is 2. The minimum absolute atomic E-state index is 0. The zero-order valence-electron chi connectivity index (χ0n) is 34.2. The number of ether oxygens (including phenoxy) is 2. The lowest BCUT2D eigenvalue weighted by Crippen LogP contribution is -3.11. The molecular formula is C32H80N2O9. The van der Waals surface area contributed by atoms with Gasteiger partial charge in [0, 0.05) is 35.8 Å². The Labute approximate surface area is 274 Å². The van der Waals surface area contributed by atoms with E-state index in [9.17, 15) is 24.3 Å². The molecule has 0 bridgehead atoms. The highest BCUT2D eigenvalue weighted by atomic mass is 16.5. The Morgan fingerprint density at radius 2 is 0.977 bits per heavy atom. The number of carbonyl (C=O) groups is 4. The van der Waals surface area contributed by atoms with Crippen LogP contribution in [-0.2, 0) is 28.7 Å². The van der Waals surface area contributed by atoms with Gasteiger partial charge in [-0.2, -0.15) is 0 Å². The van der Waals surface area contributed by atoms with Gasteiger partial charge in [0.25, 0.3) is 0 Å². The van der Waals surface area contributed by atoms with Crippen LogP contribution >= 0.6 is 0 Å². The third kappa shape index (κ3) is 119. The zero-order valence-corrected chi connectivity index (χ0v) is 30.2. The molecular weight excluding hydrogens is 556 g/mol. The Hall–Kier alpha value is -2.08. The second-order valence-corrected chi connectivity index (χ2v) is 5.68. The molecule has 272 valence electrons. The number of carboxylic acids is 1. The van der Waals surface area contributed by atoms with E-state index in [1.165, 1.54) is 40.9 Å². The third-order valence-corrected chi connectivity index (χ3v) is 3.65. The molecule has 0 aliphatic rings. The smallest absolute Gasteiger partial charge is 0.306 e. The number of nitrogens with one attached hydrogen (secondary N) is 1. The molecule has 0 fully saturated rings. The number of hydrogen-bond acceptors (Lipinski definition) is 10. The molecule has 0 saturated heterocycles. The number of Topliss-reactive ketones (excluding diaryl/α,β-unsaturated/α-hetero) is 1. The summed E-state index contributed by atoms with van der Waals surface area (Å²) < 4.78 is 32.9. The normalized spacial score (nSPS) is 8.30. The molecule has 0 saturated carbocycles. The van der Waals surface area contributed by atoms with Gasteiger partial charge in [-0.25, -0.2) is 0 Å². The minimum atomic E-state index is -1.23. The van der Waals surface area contributed by atoms with E-state index in [2.05, 4.69) is 46.2 Å². The Morgan fingerprint density at radius 1 is 0.721 bits per heavy atom. The molecule has 0 aromatic heterocycles. The quantitative estimate of drug-likeness (QED) is 0.228. The second kappa shape index (κ2) is 97.4. The highest BCUT2D eigenvalue weighted by molar-refractivity contribution is 5.82. The van der Waals surface area contributed by atoms with Crippen molar-refractivity contribution in [2.75, 3.05) is 54.1 Å². The third-order valence-electron chi connectivity index (χ3n) is 3.65. The van der Waals surface area contributed by atoms with Crippen molar-refractivity contribution in [2.24, 2.45) is 5.73 Å². The topological polar surface area (TPSA) is 181 Å². The molecule has 0 atom stereocenters. The highest BCUT2D eigenvalue weighted by Gasteiger charge is 2.04. The first-order valence-electron chi connectivity index (χ1n) is 17.1. The maximum atomic E-state index is 10.7. The minimum Gasteiger partial charge on any atom is -0.550 e. The van der Waals surface area contributed by atoms with Gasteiger partial charge < -0.3 is 40.2 Å². The standard InChI is InChI=1S/C8H14O3.C6H15N.C6H10O4.4C2H6.CH5N.2CH4O.CH4/c1-3-7(9)5-6-8(10)11-4-2;1-4-7(5-2)6-3;1-2-10-6(9)4-3-5(7)8;7*1-2;/h3-6H2,1-2H3;4-6H2,1-3H3;2-4H2,1H3,(H,7,8);4*1-2H3;2H2,1H3;2*2H,1H3;1H4/i;;;2*1D;;;;2*2T;. The van der Waals surface area contributed by atoms with Gasteiger partial charge >= 0.3 is 11.9 Å². The van der Waals surface area contributed by atoms with Crippen molar-refractivity contribution >= 4 is 23.7 Å². The van der Waals surface area contributed by atoms with E-state index >= 15 is 0 Å². The van der Waals surface area contributed by atoms with Crippen molar-refractivity contribution in [3.8, 4) is 0 Å². The molecule has 5 N–H and O–H groups in total. The van der Waals surface area contributed by atoms with Crippen molar-refractivity contribution in [1.82, 2.24) is 0 Å². The van der Waals surface area contributed by atoms with E-state index in [-0.39, 0.29) is 45.0 Å². The Morgan fingerprint density at radius 3 is 1.14 bits per heavy atom. The number of carbonyl (C=O) groups excluding carboxylic acids is 4. The number of aliphatic carboxylic acids is 1. The molecule has 11 heteroatoms. The summed E-state index contributed by atoms with van der Waals surface area (Å²) in [5.74, 6) is -1.90. The predicted octanol–water partition coefficient (Wildman–Crippen LogP) is 3.85. The van der Waals surface area contributed by atoms with Gasteiger partial charge in [-0.1, -0.05) is 69.7 Å². The van der Waals surface area contributed by atoms with Crippen molar-refractivity contribution in [2.45, 2.75) is 136 Å². The summed E-state index contributed by atoms with van der Waals surface area (Å²) in [7, 11) is 4.08. The molecule has 0 aromatic rings. The van der Waals surface area contributed by atoms with Gasteiger partial charge in [-0.3, -0.25) is 14.4 Å². The molecule has 43 heavy (non-hydrogen) atoms. The molecule has 0 aliphatic heterocycles. The lowest BCUT2D eigenvalue weighted by molar-refractivity contribution is -0.894. The fourth-order valence-corrected chi connectivity index (χ4v) is 1.84. The van der Waals surface area contributed by atoms with E-state index in [1.54, 1.807) is 39.5 Å². The first-order valence-corrected chi connectivity index (χ1v) is 14.9. The zero-order chi connectivity index (χ0) is 39.2. The lowest BCUT2D eigenvalue weighted by atomic mass is 10.2. The second-order valence-electron chi connectivity index (χ2n) is 5.68. The number of ketones is 1. The van der Waals surface area contributed by atoms with Crippen LogP contribution in [0, 0.1) is 0 Å². The van der Waals surface area contributed by atoms with E-state index in [0.717, 1.165) is 0 Å². The van der Waals surface area contributed by atoms with Gasteiger partial charge in [0.15, 0.2) is 0 Å². The number of aliphatic hydroxyl groups excluding tert-OH is 2. The van der Waals surface area contributed by atoms with Gasteiger partial charge in [-0.15, -0.1) is 0 Å². The average molecular weight is 643 g/mol. The SMILES string of the molecule is C.CC.CC.CCOC(=O)CCC(=O)CC.CCOC(=O)CCC(=O)[O-].CC[NH+](CC)CC.CN.[2H]CC.[2H]CC.[3H]OC.[3H]OC. The number of carboxylic acid groups (broad SMARTS) is 1. The van der Waals surface area contributed by atoms with Crippen LogP contribution in [0.5, 0.6) is 0 Å². The summed E-state index contributed by atoms with van der Waals surface area (Å²) in [5.41, 5.74) is 4.50. The van der Waals surface area contributed by atoms with Crippen LogP contribution in [0.25, 0.3) is 0 Å². The van der Waals surface area contributed by atoms with Gasteiger partial charge in [-0.05, 0) is 48.1 Å². The van der Waals surface area contributed by atoms with Gasteiger partial charge in [0.05, 0.1) is 45.7 Å². The lowest BCUT2D eigenvalue weighted by Gasteiger charge is -2.10. The van der Waals surface area contributed by atoms with E-state index in [0.29, 0.717) is 33.2 Å². The fourth-order valence-electron chi connectivity index (χ4n) is 1.84. The Balaban J connectivity index is -0.0000000368. The molecule has 0 aliphatic carbocycles. The molecule has 0 radical (unpaired) electrons. The van der Waals surface area contributed by atoms with Crippen LogP contribution in [0.3, 0.4) is 0 Å². The van der Waals surface area contributed by atoms with Crippen LogP contribution in [0.4, 0.5) is 0 Å². The average Bonchev–Trinajstić information content (AvgIpc) is 3.05. The highest BCUT2D eigenvalue weighted by Crippen LogP contribution is 1.96. The van der Waals surface area contributed by atoms with Crippen LogP contribution in [-0.4, -0.2) is 90.9 Å². The Bertz CT molecular complexity index is 496. The van der Waals surface area contributed by atoms with Crippen LogP contribution in [0.2, 0.25) is 0 Å². The molecule has 0 unspecified atom stereocenters. The van der Waals surface area contributed by atoms with Gasteiger partial charge in [0.1, 0.15) is 5.78 Å². The van der Waals surface area contributed by atoms with Gasteiger partial charge in [0.2, 0.25) is 2.86 Å². The molecule has 11 nitrogen and oxygen atoms in total. The molecule has 0 spiro atoms. The first kappa shape index (κ1) is 56.7. The summed E-state index contributed by atoms with van der Waals surface area (Å²) in [6.45, 7) is 28.9. The fraction of sp³-hybridized carbons (Fsp3) is 0.875. The van der Waals surface area contributed by atoms with Crippen molar-refractivity contribution in [1.29, 1.82) is 2.86 Å². The molecule has 0 rings (SSSR count). The summed E-state index contributed by atoms with van der Waals surface area (Å²) >= 11 is 0. The number of hydrogen-bond donors (Lipinski definition) is 4. The number of rotatable bonds is 12. The Kier molecular flexibility index (Phi) is 128. The van der Waals surface area contributed by atoms with E-state index in [4.69, 9.17) is 5.60 Å². The van der Waals surface area contributed by atoms with Crippen LogP contribution in [0.15, 0.2) is 0 Å². The summed E-state index contributed by atoms with van der Waals surface area (Å²) in [6.07, 6.45) is 0.671. The molecule has 0 aromatic carbocycles. The largest absolute Gasteiger partial charge is 0.550 e. The van der Waals surface area contributed by atoms with Crippen molar-refractivity contribution in [3.05, 3.63) is 0 Å². The van der Waals surface area contributed by atoms with E-state index in [1.807, 2.05) is 27.7 Å². The predicted molar refractivity (Wildman–Crippen MR) is 183 cm³/mol. The number of nitrogens with two attached hydrogens (primary N) is 1. The van der Waals surface area contributed by atoms with Crippen molar-refractivity contribution < 1.29 is 51.6 Å². The summed E-state index contributed by atoms with van der Waals surface area (Å²) in [6, 6.07) is 0. The number of quaternary nitrogens is 1.